The summed E-state index contributed by atoms with van der Waals surface area (Å²) in [6.45, 7) is 7.12. The first-order chi connectivity index (χ1) is 19.0. The summed E-state index contributed by atoms with van der Waals surface area (Å²) in [7, 11) is -3.40. The minimum absolute atomic E-state index is 0.0386. The highest BCUT2D eigenvalue weighted by molar-refractivity contribution is 7.63. The number of hydrogen-bond donors (Lipinski definition) is 4. The molecule has 0 aliphatic carbocycles. The van der Waals surface area contributed by atoms with Crippen molar-refractivity contribution in [2.45, 2.75) is 76.4 Å². The molecule has 5 N–H and O–H groups in total. The molecule has 0 aromatic heterocycles. The third-order valence-corrected chi connectivity index (χ3v) is 10.1. The number of ether oxygens (including phenoxy) is 1. The lowest BCUT2D eigenvalue weighted by atomic mass is 9.93. The van der Waals surface area contributed by atoms with E-state index in [2.05, 4.69) is 21.0 Å². The minimum Gasteiger partial charge on any atom is -0.394 e. The number of ketones is 1. The highest BCUT2D eigenvalue weighted by Gasteiger charge is 2.59. The SMILES string of the molecule is CC(C)N(C(C)C)[P+](O)(CCC#N)O[C@H]1[C@@H](O)[C@H](N2CN=C3C2=NC=NC3(N)C(=O)c2ccccc2)O[C@@H]1CO. The fourth-order valence-corrected chi connectivity index (χ4v) is 8.38. The van der Waals surface area contributed by atoms with Gasteiger partial charge in [-0.1, -0.05) is 30.3 Å². The fraction of sp³-hybridized carbons (Fsp3) is 0.577. The van der Waals surface area contributed by atoms with Crippen LogP contribution in [-0.2, 0) is 9.26 Å². The van der Waals surface area contributed by atoms with Crippen LogP contribution < -0.4 is 5.73 Å². The molecule has 0 spiro atoms. The van der Waals surface area contributed by atoms with Gasteiger partial charge in [-0.25, -0.2) is 14.9 Å². The molecule has 1 fully saturated rings. The van der Waals surface area contributed by atoms with Gasteiger partial charge >= 0.3 is 7.87 Å². The van der Waals surface area contributed by atoms with E-state index in [4.69, 9.17) is 15.0 Å². The van der Waals surface area contributed by atoms with Crippen LogP contribution in [0.25, 0.3) is 0 Å². The highest BCUT2D eigenvalue weighted by Crippen LogP contribution is 2.63. The number of carbonyl (C=O) groups excluding carboxylic acids is 1. The second kappa shape index (κ2) is 12.1. The standard InChI is InChI=1S/C26H37N7O6P/c1-16(2)33(17(3)4)40(37,12-8-11-27)39-21-19(13-34)38-25(20(21)35)32-15-30-22-24(32)29-14-31-26(22,28)23(36)18-9-6-5-7-10-18/h5-7,9-10,14,16-17,19-21,25,34-35,37H,8,12-13,15,28H2,1-4H3/q+1/t19-,20-,21-,25-,26?,40?/m1/s1. The summed E-state index contributed by atoms with van der Waals surface area (Å²) in [5.41, 5.74) is 5.17. The Hall–Kier alpha value is -2.66. The summed E-state index contributed by atoms with van der Waals surface area (Å²) >= 11 is 0. The van der Waals surface area contributed by atoms with Crippen LogP contribution in [0.1, 0.15) is 44.5 Å². The maximum Gasteiger partial charge on any atom is 0.347 e. The number of fused-ring (bicyclic) bond motifs is 1. The van der Waals surface area contributed by atoms with Crippen molar-refractivity contribution >= 4 is 31.5 Å². The summed E-state index contributed by atoms with van der Waals surface area (Å²) in [6, 6.07) is 10.3. The molecule has 4 rings (SSSR count). The Labute approximate surface area is 234 Å². The molecule has 0 amide bonds. The molecule has 0 bridgehead atoms. The molecule has 1 aromatic rings. The maximum atomic E-state index is 13.3. The zero-order valence-electron chi connectivity index (χ0n) is 23.0. The number of benzene rings is 1. The van der Waals surface area contributed by atoms with Gasteiger partial charge in [0.15, 0.2) is 18.2 Å². The summed E-state index contributed by atoms with van der Waals surface area (Å²) in [6.07, 6.45) is -3.26. The summed E-state index contributed by atoms with van der Waals surface area (Å²) in [5.74, 6) is -0.252. The Kier molecular flexibility index (Phi) is 9.14. The normalized spacial score (nSPS) is 29.4. The molecule has 1 saturated heterocycles. The molecule has 6 atom stereocenters. The van der Waals surface area contributed by atoms with Crippen LogP contribution in [0.2, 0.25) is 0 Å². The number of nitriles is 1. The average molecular weight is 575 g/mol. The van der Waals surface area contributed by atoms with Crippen molar-refractivity contribution in [1.82, 2.24) is 9.57 Å². The van der Waals surface area contributed by atoms with Crippen LogP contribution in [-0.4, -0.2) is 110 Å². The maximum absolute atomic E-state index is 13.3. The van der Waals surface area contributed by atoms with Gasteiger partial charge in [0, 0.05) is 17.6 Å². The van der Waals surface area contributed by atoms with Gasteiger partial charge in [-0.05, 0) is 27.7 Å². The van der Waals surface area contributed by atoms with Crippen LogP contribution in [0, 0.1) is 11.3 Å². The number of nitrogens with two attached hydrogens (primary N) is 1. The second-order valence-electron chi connectivity index (χ2n) is 10.4. The van der Waals surface area contributed by atoms with Crippen molar-refractivity contribution in [3.63, 3.8) is 0 Å². The van der Waals surface area contributed by atoms with E-state index in [1.165, 1.54) is 11.2 Å². The van der Waals surface area contributed by atoms with Gasteiger partial charge in [-0.2, -0.15) is 9.79 Å². The average Bonchev–Trinajstić information content (AvgIpc) is 3.48. The minimum atomic E-state index is -3.40. The van der Waals surface area contributed by atoms with E-state index in [1.54, 1.807) is 30.3 Å². The molecule has 2 unspecified atom stereocenters. The lowest BCUT2D eigenvalue weighted by Crippen LogP contribution is -2.59. The topological polar surface area (TPSA) is 190 Å². The van der Waals surface area contributed by atoms with Crippen molar-refractivity contribution in [3.05, 3.63) is 35.9 Å². The van der Waals surface area contributed by atoms with Gasteiger partial charge in [-0.3, -0.25) is 15.5 Å². The van der Waals surface area contributed by atoms with Gasteiger partial charge < -0.3 is 19.8 Å². The van der Waals surface area contributed by atoms with Crippen molar-refractivity contribution < 1.29 is 29.2 Å². The molecule has 0 saturated carbocycles. The Morgan fingerprint density at radius 3 is 2.60 bits per heavy atom. The number of carbonyl (C=O) groups is 1. The van der Waals surface area contributed by atoms with E-state index < -0.39 is 50.5 Å². The Bertz CT molecular complexity index is 1210. The Morgan fingerprint density at radius 2 is 2.00 bits per heavy atom. The van der Waals surface area contributed by atoms with Gasteiger partial charge in [0.25, 0.3) is 0 Å². The van der Waals surface area contributed by atoms with Crippen LogP contribution in [0.3, 0.4) is 0 Å². The van der Waals surface area contributed by atoms with Crippen LogP contribution >= 0.6 is 7.87 Å². The first-order valence-corrected chi connectivity index (χ1v) is 15.0. The summed E-state index contributed by atoms with van der Waals surface area (Å²) < 4.78 is 14.1. The quantitative estimate of drug-likeness (QED) is 0.218. The molecule has 216 valence electrons. The third-order valence-electron chi connectivity index (χ3n) is 7.07. The number of aliphatic imine (C=N–C) groups is 3. The van der Waals surface area contributed by atoms with E-state index in [9.17, 15) is 25.2 Å². The molecule has 0 radical (unpaired) electrons. The van der Waals surface area contributed by atoms with Gasteiger partial charge in [0.05, 0.1) is 19.1 Å². The van der Waals surface area contributed by atoms with Crippen molar-refractivity contribution in [1.29, 1.82) is 5.26 Å². The Morgan fingerprint density at radius 1 is 1.32 bits per heavy atom. The van der Waals surface area contributed by atoms with Crippen molar-refractivity contribution in [3.8, 4) is 6.07 Å². The predicted molar refractivity (Wildman–Crippen MR) is 151 cm³/mol. The third kappa shape index (κ3) is 5.46. The number of aliphatic hydroxyl groups excluding tert-OH is 2. The fourth-order valence-electron chi connectivity index (χ4n) is 5.44. The van der Waals surface area contributed by atoms with Crippen molar-refractivity contribution in [2.75, 3.05) is 19.4 Å². The van der Waals surface area contributed by atoms with E-state index >= 15 is 0 Å². The zero-order chi connectivity index (χ0) is 29.2. The summed E-state index contributed by atoms with van der Waals surface area (Å²) in [4.78, 5) is 39.6. The molecule has 40 heavy (non-hydrogen) atoms. The van der Waals surface area contributed by atoms with Crippen LogP contribution in [0.4, 0.5) is 0 Å². The number of Topliss-reactive ketones (excluding diaryl/α,β-unsaturated/α-hetero) is 1. The number of rotatable bonds is 11. The molecule has 14 heteroatoms. The molecule has 1 aromatic carbocycles. The number of amidine groups is 1. The zero-order valence-corrected chi connectivity index (χ0v) is 23.9. The van der Waals surface area contributed by atoms with Crippen LogP contribution in [0.5, 0.6) is 0 Å². The molecular formula is C26H37N7O6P+. The first-order valence-electron chi connectivity index (χ1n) is 13.2. The van der Waals surface area contributed by atoms with Crippen molar-refractivity contribution in [2.24, 2.45) is 20.7 Å². The number of aliphatic hydroxyl groups is 2. The lowest BCUT2D eigenvalue weighted by Gasteiger charge is -2.37. The molecule has 13 nitrogen and oxygen atoms in total. The van der Waals surface area contributed by atoms with Gasteiger partial charge in [-0.15, -0.1) is 4.67 Å². The number of nitrogens with zero attached hydrogens (tertiary/aromatic N) is 6. The second-order valence-corrected chi connectivity index (χ2v) is 12.9. The summed E-state index contributed by atoms with van der Waals surface area (Å²) in [5, 5.41) is 30.8. The lowest BCUT2D eigenvalue weighted by molar-refractivity contribution is -0.0687. The van der Waals surface area contributed by atoms with E-state index in [0.29, 0.717) is 5.56 Å². The number of hydrogen-bond acceptors (Lipinski definition) is 13. The molecule has 3 heterocycles. The van der Waals surface area contributed by atoms with Crippen LogP contribution in [0.15, 0.2) is 45.3 Å². The Balaban J connectivity index is 1.59. The van der Waals surface area contributed by atoms with Gasteiger partial charge in [0.2, 0.25) is 11.4 Å². The highest BCUT2D eigenvalue weighted by atomic mass is 31.2. The first kappa shape index (κ1) is 30.3. The van der Waals surface area contributed by atoms with E-state index in [0.717, 1.165) is 0 Å². The largest absolute Gasteiger partial charge is 0.394 e. The van der Waals surface area contributed by atoms with E-state index in [1.807, 2.05) is 32.4 Å². The van der Waals surface area contributed by atoms with Gasteiger partial charge in [0.1, 0.15) is 37.1 Å². The molecule has 3 aliphatic heterocycles. The van der Waals surface area contributed by atoms with E-state index in [-0.39, 0.29) is 42.9 Å². The monoisotopic (exact) mass is 574 g/mol. The molecular weight excluding hydrogens is 537 g/mol. The smallest absolute Gasteiger partial charge is 0.347 e. The predicted octanol–water partition coefficient (Wildman–Crippen LogP) is 0.929. The molecule has 3 aliphatic rings.